The van der Waals surface area contributed by atoms with Crippen LogP contribution in [0, 0.1) is 5.82 Å². The van der Waals surface area contributed by atoms with Gasteiger partial charge in [-0.1, -0.05) is 0 Å². The van der Waals surface area contributed by atoms with E-state index in [4.69, 9.17) is 0 Å². The van der Waals surface area contributed by atoms with E-state index in [1.807, 2.05) is 6.92 Å². The number of hydrogen-bond donors (Lipinski definition) is 3. The number of rotatable bonds is 7. The zero-order valence-corrected chi connectivity index (χ0v) is 16.2. The quantitative estimate of drug-likeness (QED) is 0.624. The molecule has 6 nitrogen and oxygen atoms in total. The molecule has 0 aliphatic carbocycles. The molecule has 2 aromatic rings. The number of anilines is 1. The molecule has 0 fully saturated rings. The number of halogens is 2. The Kier molecular flexibility index (Phi) is 7.48. The molecule has 2 aromatic carbocycles. The predicted molar refractivity (Wildman–Crippen MR) is 104 cm³/mol. The van der Waals surface area contributed by atoms with Crippen molar-refractivity contribution >= 4 is 39.3 Å². The van der Waals surface area contributed by atoms with Crippen molar-refractivity contribution in [1.82, 2.24) is 10.6 Å². The topological polar surface area (TPSA) is 87.3 Å². The van der Waals surface area contributed by atoms with Crippen LogP contribution in [-0.4, -0.2) is 30.8 Å². The van der Waals surface area contributed by atoms with Crippen LogP contribution in [0.25, 0.3) is 0 Å². The Morgan fingerprint density at radius 2 is 1.70 bits per heavy atom. The van der Waals surface area contributed by atoms with E-state index >= 15 is 0 Å². The number of carbonyl (C=O) groups excluding carboxylic acids is 3. The lowest BCUT2D eigenvalue weighted by Crippen LogP contribution is -2.28. The highest BCUT2D eigenvalue weighted by Gasteiger charge is 2.12. The van der Waals surface area contributed by atoms with Gasteiger partial charge in [-0.05, 0) is 65.3 Å². The van der Waals surface area contributed by atoms with Gasteiger partial charge < -0.3 is 16.0 Å². The van der Waals surface area contributed by atoms with Crippen molar-refractivity contribution in [3.63, 3.8) is 0 Å². The second kappa shape index (κ2) is 9.82. The maximum atomic E-state index is 13.2. The molecule has 3 amide bonds. The summed E-state index contributed by atoms with van der Waals surface area (Å²) in [6.07, 6.45) is 0.0523. The molecule has 2 rings (SSSR count). The number of hydrogen-bond acceptors (Lipinski definition) is 3. The minimum absolute atomic E-state index is 0.0523. The fourth-order valence-electron chi connectivity index (χ4n) is 2.25. The van der Waals surface area contributed by atoms with Crippen LogP contribution in [0.1, 0.15) is 34.1 Å². The largest absolute Gasteiger partial charge is 0.352 e. The van der Waals surface area contributed by atoms with Gasteiger partial charge in [0, 0.05) is 35.2 Å². The Morgan fingerprint density at radius 3 is 2.37 bits per heavy atom. The summed E-state index contributed by atoms with van der Waals surface area (Å²) in [4.78, 5) is 35.7. The molecule has 3 N–H and O–H groups in total. The van der Waals surface area contributed by atoms with Gasteiger partial charge in [0.15, 0.2) is 0 Å². The van der Waals surface area contributed by atoms with Gasteiger partial charge in [0.2, 0.25) is 5.91 Å². The first-order valence-corrected chi connectivity index (χ1v) is 9.11. The predicted octanol–water partition coefficient (Wildman–Crippen LogP) is 3.10. The fraction of sp³-hybridized carbons (Fsp3) is 0.211. The fourth-order valence-corrected chi connectivity index (χ4v) is 2.67. The summed E-state index contributed by atoms with van der Waals surface area (Å²) in [5.74, 6) is -1.46. The molecule has 0 aromatic heterocycles. The molecule has 0 aliphatic heterocycles. The van der Waals surface area contributed by atoms with E-state index < -0.39 is 11.7 Å². The first kappa shape index (κ1) is 20.6. The van der Waals surface area contributed by atoms with E-state index in [1.165, 1.54) is 12.1 Å². The molecule has 0 atom stereocenters. The second-order valence-electron chi connectivity index (χ2n) is 5.62. The average Bonchev–Trinajstić information content (AvgIpc) is 2.64. The van der Waals surface area contributed by atoms with Crippen LogP contribution in [0.3, 0.4) is 0 Å². The van der Waals surface area contributed by atoms with Crippen molar-refractivity contribution in [1.29, 1.82) is 0 Å². The lowest BCUT2D eigenvalue weighted by atomic mass is 10.2. The molecule has 142 valence electrons. The van der Waals surface area contributed by atoms with Crippen LogP contribution in [0.4, 0.5) is 10.1 Å². The van der Waals surface area contributed by atoms with Gasteiger partial charge in [-0.25, -0.2) is 4.39 Å². The minimum atomic E-state index is -0.517. The maximum absolute atomic E-state index is 13.2. The van der Waals surface area contributed by atoms with Gasteiger partial charge in [-0.2, -0.15) is 0 Å². The summed E-state index contributed by atoms with van der Waals surface area (Å²) in [5, 5.41) is 7.94. The standard InChI is InChI=1S/C19H19BrFN3O3/c1-2-22-18(26)12-3-6-14(7-4-12)24-17(25)9-10-23-19(27)15-11-13(21)5-8-16(15)20/h3-8,11H,2,9-10H2,1H3,(H,22,26)(H,23,27)(H,24,25). The number of benzene rings is 2. The molecular formula is C19H19BrFN3O3. The SMILES string of the molecule is CCNC(=O)c1ccc(NC(=O)CCNC(=O)c2cc(F)ccc2Br)cc1. The Labute approximate surface area is 164 Å². The van der Waals surface area contributed by atoms with Crippen LogP contribution >= 0.6 is 15.9 Å². The molecule has 0 heterocycles. The van der Waals surface area contributed by atoms with Crippen molar-refractivity contribution < 1.29 is 18.8 Å². The highest BCUT2D eigenvalue weighted by Crippen LogP contribution is 2.17. The molecule has 0 bridgehead atoms. The lowest BCUT2D eigenvalue weighted by Gasteiger charge is -2.09. The third-order valence-corrected chi connectivity index (χ3v) is 4.27. The summed E-state index contributed by atoms with van der Waals surface area (Å²) in [6.45, 7) is 2.47. The number of nitrogens with one attached hydrogen (secondary N) is 3. The van der Waals surface area contributed by atoms with Crippen molar-refractivity contribution in [2.24, 2.45) is 0 Å². The van der Waals surface area contributed by atoms with Crippen LogP contribution in [0.5, 0.6) is 0 Å². The lowest BCUT2D eigenvalue weighted by molar-refractivity contribution is -0.116. The van der Waals surface area contributed by atoms with E-state index in [-0.39, 0.29) is 30.3 Å². The van der Waals surface area contributed by atoms with Gasteiger partial charge in [-0.3, -0.25) is 14.4 Å². The zero-order valence-electron chi connectivity index (χ0n) is 14.6. The van der Waals surface area contributed by atoms with E-state index in [0.29, 0.717) is 22.3 Å². The molecule has 0 unspecified atom stereocenters. The van der Waals surface area contributed by atoms with E-state index in [9.17, 15) is 18.8 Å². The minimum Gasteiger partial charge on any atom is -0.352 e. The summed E-state index contributed by atoms with van der Waals surface area (Å²) < 4.78 is 13.7. The van der Waals surface area contributed by atoms with Crippen molar-refractivity contribution in [3.05, 3.63) is 63.9 Å². The third-order valence-electron chi connectivity index (χ3n) is 3.58. The molecule has 27 heavy (non-hydrogen) atoms. The number of amides is 3. The van der Waals surface area contributed by atoms with Gasteiger partial charge >= 0.3 is 0 Å². The first-order valence-electron chi connectivity index (χ1n) is 8.32. The molecule has 0 saturated carbocycles. The van der Waals surface area contributed by atoms with E-state index in [1.54, 1.807) is 24.3 Å². The third kappa shape index (κ3) is 6.18. The average molecular weight is 436 g/mol. The molecule has 0 spiro atoms. The van der Waals surface area contributed by atoms with Crippen molar-refractivity contribution in [2.75, 3.05) is 18.4 Å². The van der Waals surface area contributed by atoms with Gasteiger partial charge in [0.05, 0.1) is 5.56 Å². The second-order valence-corrected chi connectivity index (χ2v) is 6.47. The number of carbonyl (C=O) groups is 3. The molecule has 0 aliphatic rings. The van der Waals surface area contributed by atoms with Crippen LogP contribution in [0.15, 0.2) is 46.9 Å². The molecule has 8 heteroatoms. The van der Waals surface area contributed by atoms with Crippen molar-refractivity contribution in [3.8, 4) is 0 Å². The highest BCUT2D eigenvalue weighted by atomic mass is 79.9. The van der Waals surface area contributed by atoms with Crippen LogP contribution in [0.2, 0.25) is 0 Å². The Hall–Kier alpha value is -2.74. The van der Waals surface area contributed by atoms with Gasteiger partial charge in [0.1, 0.15) is 5.82 Å². The van der Waals surface area contributed by atoms with Crippen LogP contribution in [-0.2, 0) is 4.79 Å². The Morgan fingerprint density at radius 1 is 1.00 bits per heavy atom. The van der Waals surface area contributed by atoms with Crippen LogP contribution < -0.4 is 16.0 Å². The molecular weight excluding hydrogens is 417 g/mol. The van der Waals surface area contributed by atoms with E-state index in [2.05, 4.69) is 31.9 Å². The first-order chi connectivity index (χ1) is 12.9. The molecule has 0 radical (unpaired) electrons. The van der Waals surface area contributed by atoms with Crippen molar-refractivity contribution in [2.45, 2.75) is 13.3 Å². The summed E-state index contributed by atoms with van der Waals surface area (Å²) in [6, 6.07) is 10.3. The Bertz CT molecular complexity index is 841. The molecule has 0 saturated heterocycles. The van der Waals surface area contributed by atoms with Gasteiger partial charge in [0.25, 0.3) is 11.8 Å². The normalized spacial score (nSPS) is 10.2. The van der Waals surface area contributed by atoms with Gasteiger partial charge in [-0.15, -0.1) is 0 Å². The smallest absolute Gasteiger partial charge is 0.252 e. The monoisotopic (exact) mass is 435 g/mol. The Balaban J connectivity index is 1.81. The summed E-state index contributed by atoms with van der Waals surface area (Å²) in [5.41, 5.74) is 1.21. The maximum Gasteiger partial charge on any atom is 0.252 e. The summed E-state index contributed by atoms with van der Waals surface area (Å²) in [7, 11) is 0. The zero-order chi connectivity index (χ0) is 19.8. The highest BCUT2D eigenvalue weighted by molar-refractivity contribution is 9.10. The van der Waals surface area contributed by atoms with E-state index in [0.717, 1.165) is 6.07 Å². The summed E-state index contributed by atoms with van der Waals surface area (Å²) >= 11 is 3.19.